The molecule has 19 heavy (non-hydrogen) atoms. The zero-order valence-electron chi connectivity index (χ0n) is 11.3. The standard InChI is InChI=1S/C15H19Cl2NO/c1-3-4-10-18(12-8-6-5-7-9-12)13(19)14(2)11-15(14,16)17/h5-9H,3-4,10-11H2,1-2H3. The number of carbonyl (C=O) groups is 1. The van der Waals surface area contributed by atoms with E-state index in [0.717, 1.165) is 18.5 Å². The number of alkyl halides is 2. The number of nitrogens with zero attached hydrogens (tertiary/aromatic N) is 1. The molecule has 0 aromatic heterocycles. The fourth-order valence-corrected chi connectivity index (χ4v) is 2.90. The van der Waals surface area contributed by atoms with E-state index < -0.39 is 9.75 Å². The van der Waals surface area contributed by atoms with E-state index in [9.17, 15) is 4.79 Å². The van der Waals surface area contributed by atoms with E-state index in [1.54, 1.807) is 0 Å². The second-order valence-electron chi connectivity index (χ2n) is 5.36. The minimum Gasteiger partial charge on any atom is -0.312 e. The second-order valence-corrected chi connectivity index (χ2v) is 6.84. The van der Waals surface area contributed by atoms with Gasteiger partial charge in [0.25, 0.3) is 0 Å². The molecule has 0 spiro atoms. The molecule has 1 aliphatic carbocycles. The van der Waals surface area contributed by atoms with E-state index in [-0.39, 0.29) is 5.91 Å². The van der Waals surface area contributed by atoms with Gasteiger partial charge in [-0.15, -0.1) is 23.2 Å². The van der Waals surface area contributed by atoms with Crippen molar-refractivity contribution in [3.8, 4) is 0 Å². The molecule has 1 aromatic carbocycles. The van der Waals surface area contributed by atoms with Crippen molar-refractivity contribution in [3.05, 3.63) is 30.3 Å². The molecule has 0 heterocycles. The summed E-state index contributed by atoms with van der Waals surface area (Å²) in [5.74, 6) is 0.0251. The Morgan fingerprint density at radius 1 is 1.32 bits per heavy atom. The molecule has 1 amide bonds. The van der Waals surface area contributed by atoms with Crippen LogP contribution >= 0.6 is 23.2 Å². The van der Waals surface area contributed by atoms with Crippen molar-refractivity contribution in [2.24, 2.45) is 5.41 Å². The van der Waals surface area contributed by atoms with E-state index in [1.807, 2.05) is 42.2 Å². The lowest BCUT2D eigenvalue weighted by Gasteiger charge is -2.26. The van der Waals surface area contributed by atoms with Crippen molar-refractivity contribution < 1.29 is 4.79 Å². The predicted molar refractivity (Wildman–Crippen MR) is 80.9 cm³/mol. The molecule has 0 N–H and O–H groups in total. The highest BCUT2D eigenvalue weighted by atomic mass is 35.5. The van der Waals surface area contributed by atoms with Gasteiger partial charge in [0.1, 0.15) is 4.33 Å². The van der Waals surface area contributed by atoms with Crippen LogP contribution in [-0.2, 0) is 4.79 Å². The first-order chi connectivity index (χ1) is 8.92. The number of rotatable bonds is 5. The molecule has 0 aliphatic heterocycles. The Balaban J connectivity index is 2.22. The highest BCUT2D eigenvalue weighted by Gasteiger charge is 2.68. The molecular weight excluding hydrogens is 281 g/mol. The van der Waals surface area contributed by atoms with Gasteiger partial charge in [-0.05, 0) is 31.9 Å². The lowest BCUT2D eigenvalue weighted by molar-refractivity contribution is -0.123. The van der Waals surface area contributed by atoms with Gasteiger partial charge in [-0.3, -0.25) is 4.79 Å². The molecule has 2 rings (SSSR count). The Hall–Kier alpha value is -0.730. The number of para-hydroxylation sites is 1. The Morgan fingerprint density at radius 2 is 1.89 bits per heavy atom. The van der Waals surface area contributed by atoms with Crippen LogP contribution in [0.3, 0.4) is 0 Å². The average molecular weight is 300 g/mol. The van der Waals surface area contributed by atoms with Crippen LogP contribution in [0.2, 0.25) is 0 Å². The maximum absolute atomic E-state index is 12.7. The molecule has 0 bridgehead atoms. The number of carbonyl (C=O) groups excluding carboxylic acids is 1. The van der Waals surface area contributed by atoms with E-state index in [0.29, 0.717) is 13.0 Å². The Kier molecular flexibility index (Phi) is 4.12. The highest BCUT2D eigenvalue weighted by Crippen LogP contribution is 2.64. The lowest BCUT2D eigenvalue weighted by Crippen LogP contribution is -2.39. The molecular formula is C15H19Cl2NO. The molecule has 0 saturated heterocycles. The Bertz CT molecular complexity index is 460. The highest BCUT2D eigenvalue weighted by molar-refractivity contribution is 6.53. The van der Waals surface area contributed by atoms with Crippen LogP contribution in [0.4, 0.5) is 5.69 Å². The van der Waals surface area contributed by atoms with Crippen LogP contribution in [0.25, 0.3) is 0 Å². The van der Waals surface area contributed by atoms with Crippen molar-refractivity contribution in [2.75, 3.05) is 11.4 Å². The minimum absolute atomic E-state index is 0.0251. The maximum Gasteiger partial charge on any atom is 0.236 e. The average Bonchev–Trinajstić information content (AvgIpc) is 2.91. The number of hydrogen-bond donors (Lipinski definition) is 0. The molecule has 104 valence electrons. The van der Waals surface area contributed by atoms with Crippen molar-refractivity contribution in [3.63, 3.8) is 0 Å². The first kappa shape index (κ1) is 14.7. The normalized spacial score (nSPS) is 24.0. The summed E-state index contributed by atoms with van der Waals surface area (Å²) in [6, 6.07) is 9.71. The third-order valence-electron chi connectivity index (χ3n) is 3.78. The molecule has 0 radical (unpaired) electrons. The van der Waals surface area contributed by atoms with Gasteiger partial charge in [-0.2, -0.15) is 0 Å². The Labute approximate surface area is 124 Å². The zero-order valence-corrected chi connectivity index (χ0v) is 12.8. The Morgan fingerprint density at radius 3 is 2.37 bits per heavy atom. The molecule has 1 atom stereocenters. The third kappa shape index (κ3) is 2.75. The molecule has 1 unspecified atom stereocenters. The van der Waals surface area contributed by atoms with Gasteiger partial charge >= 0.3 is 0 Å². The summed E-state index contributed by atoms with van der Waals surface area (Å²) >= 11 is 12.3. The van der Waals surface area contributed by atoms with Gasteiger partial charge in [0.05, 0.1) is 5.41 Å². The number of anilines is 1. The van der Waals surface area contributed by atoms with Crippen LogP contribution in [0.1, 0.15) is 33.1 Å². The van der Waals surface area contributed by atoms with Crippen LogP contribution in [0.5, 0.6) is 0 Å². The molecule has 2 nitrogen and oxygen atoms in total. The summed E-state index contributed by atoms with van der Waals surface area (Å²) in [7, 11) is 0. The predicted octanol–water partition coefficient (Wildman–Crippen LogP) is 4.40. The summed E-state index contributed by atoms with van der Waals surface area (Å²) in [5, 5.41) is 0. The lowest BCUT2D eigenvalue weighted by atomic mass is 10.1. The number of benzene rings is 1. The number of amides is 1. The quantitative estimate of drug-likeness (QED) is 0.738. The van der Waals surface area contributed by atoms with Gasteiger partial charge in [-0.25, -0.2) is 0 Å². The molecule has 1 aromatic rings. The summed E-state index contributed by atoms with van der Waals surface area (Å²) in [4.78, 5) is 14.5. The van der Waals surface area contributed by atoms with Gasteiger partial charge in [0.15, 0.2) is 0 Å². The molecule has 4 heteroatoms. The van der Waals surface area contributed by atoms with Crippen LogP contribution < -0.4 is 4.90 Å². The fourth-order valence-electron chi connectivity index (χ4n) is 2.20. The topological polar surface area (TPSA) is 20.3 Å². The zero-order chi connectivity index (χ0) is 14.1. The minimum atomic E-state index is -0.913. The fraction of sp³-hybridized carbons (Fsp3) is 0.533. The second kappa shape index (κ2) is 5.34. The molecule has 1 saturated carbocycles. The van der Waals surface area contributed by atoms with Crippen molar-refractivity contribution in [1.82, 2.24) is 0 Å². The molecule has 1 fully saturated rings. The number of halogens is 2. The van der Waals surface area contributed by atoms with Crippen molar-refractivity contribution in [2.45, 2.75) is 37.4 Å². The first-order valence-corrected chi connectivity index (χ1v) is 7.43. The SMILES string of the molecule is CCCCN(C(=O)C1(C)CC1(Cl)Cl)c1ccccc1. The van der Waals surface area contributed by atoms with Gasteiger partial charge < -0.3 is 4.90 Å². The van der Waals surface area contributed by atoms with E-state index in [4.69, 9.17) is 23.2 Å². The number of unbranched alkanes of at least 4 members (excludes halogenated alkanes) is 1. The summed E-state index contributed by atoms with van der Waals surface area (Å²) in [6.45, 7) is 4.66. The van der Waals surface area contributed by atoms with E-state index in [2.05, 4.69) is 6.92 Å². The van der Waals surface area contributed by atoms with E-state index in [1.165, 1.54) is 0 Å². The molecule has 1 aliphatic rings. The first-order valence-electron chi connectivity index (χ1n) is 6.67. The van der Waals surface area contributed by atoms with Gasteiger partial charge in [0.2, 0.25) is 5.91 Å². The van der Waals surface area contributed by atoms with Gasteiger partial charge in [0, 0.05) is 12.2 Å². The summed E-state index contributed by atoms with van der Waals surface area (Å²) in [5.41, 5.74) is 0.262. The van der Waals surface area contributed by atoms with Crippen molar-refractivity contribution >= 4 is 34.8 Å². The number of hydrogen-bond acceptors (Lipinski definition) is 1. The van der Waals surface area contributed by atoms with Crippen LogP contribution in [-0.4, -0.2) is 16.8 Å². The van der Waals surface area contributed by atoms with Crippen LogP contribution in [0.15, 0.2) is 30.3 Å². The smallest absolute Gasteiger partial charge is 0.236 e. The third-order valence-corrected chi connectivity index (χ3v) is 4.88. The monoisotopic (exact) mass is 299 g/mol. The maximum atomic E-state index is 12.7. The largest absolute Gasteiger partial charge is 0.312 e. The van der Waals surface area contributed by atoms with E-state index >= 15 is 0 Å². The van der Waals surface area contributed by atoms with Crippen molar-refractivity contribution in [1.29, 1.82) is 0 Å². The van der Waals surface area contributed by atoms with Gasteiger partial charge in [-0.1, -0.05) is 31.5 Å². The summed E-state index contributed by atoms with van der Waals surface area (Å²) < 4.78 is -0.913. The van der Waals surface area contributed by atoms with Crippen LogP contribution in [0, 0.1) is 5.41 Å². The summed E-state index contributed by atoms with van der Waals surface area (Å²) in [6.07, 6.45) is 2.53.